The van der Waals surface area contributed by atoms with E-state index < -0.39 is 60.0 Å². The maximum atomic E-state index is 15.0. The number of aryl methyl sites for hydroxylation is 1. The lowest BCUT2D eigenvalue weighted by atomic mass is 9.85. The van der Waals surface area contributed by atoms with Gasteiger partial charge in [0.05, 0.1) is 30.7 Å². The Labute approximate surface area is 243 Å². The van der Waals surface area contributed by atoms with Crippen LogP contribution in [0.15, 0.2) is 18.2 Å². The number of carbonyl (C=O) groups is 3. The third-order valence-corrected chi connectivity index (χ3v) is 8.55. The Morgan fingerprint density at radius 2 is 1.88 bits per heavy atom. The van der Waals surface area contributed by atoms with Crippen molar-refractivity contribution in [2.45, 2.75) is 90.0 Å². The number of carbonyl (C=O) groups excluding carboxylic acids is 3. The lowest BCUT2D eigenvalue weighted by Crippen LogP contribution is -2.56. The number of nitrogens with zero attached hydrogens (tertiary/aromatic N) is 3. The standard InChI is InChI=1S/C30H38F2N4O6/c1-16-22(15-37)36-14-24(16)41-26-20(33-19-7-6-18(40-5)13-21(19)34-26)9-11-30(31,32)10-8-17-12-23(17)42-28(39)35-25(27(36)38)29(2,3)4/h6-7,13,15-17,22-25H,8-12,14H2,1-5H3,(H,35,39)/t16-,17+,22+,23+,24-,25+/m0/s1. The van der Waals surface area contributed by atoms with Crippen molar-refractivity contribution in [3.05, 3.63) is 23.9 Å². The molecule has 0 spiro atoms. The molecule has 2 aromatic rings. The number of alkyl halides is 2. The maximum absolute atomic E-state index is 15.0. The van der Waals surface area contributed by atoms with Gasteiger partial charge in [-0.05, 0) is 36.3 Å². The fraction of sp³-hybridized carbons (Fsp3) is 0.633. The number of halogens is 2. The minimum Gasteiger partial charge on any atom is -0.497 e. The Kier molecular flexibility index (Phi) is 8.02. The van der Waals surface area contributed by atoms with Crippen molar-refractivity contribution in [2.75, 3.05) is 13.7 Å². The van der Waals surface area contributed by atoms with E-state index in [1.54, 1.807) is 45.9 Å². The van der Waals surface area contributed by atoms with Gasteiger partial charge >= 0.3 is 6.09 Å². The molecule has 228 valence electrons. The van der Waals surface area contributed by atoms with Gasteiger partial charge in [0.25, 0.3) is 0 Å². The van der Waals surface area contributed by atoms with E-state index in [0.29, 0.717) is 29.5 Å². The van der Waals surface area contributed by atoms with Gasteiger partial charge in [0.2, 0.25) is 17.7 Å². The van der Waals surface area contributed by atoms with E-state index in [-0.39, 0.29) is 43.3 Å². The van der Waals surface area contributed by atoms with Crippen molar-refractivity contribution in [3.8, 4) is 11.6 Å². The van der Waals surface area contributed by atoms with E-state index in [2.05, 4.69) is 15.3 Å². The van der Waals surface area contributed by atoms with Gasteiger partial charge in [0, 0.05) is 31.2 Å². The van der Waals surface area contributed by atoms with Gasteiger partial charge in [-0.15, -0.1) is 0 Å². The van der Waals surface area contributed by atoms with Crippen molar-refractivity contribution >= 4 is 29.3 Å². The number of hydrogen-bond donors (Lipinski definition) is 1. The van der Waals surface area contributed by atoms with E-state index in [4.69, 9.17) is 14.2 Å². The first-order valence-corrected chi connectivity index (χ1v) is 14.4. The highest BCUT2D eigenvalue weighted by Gasteiger charge is 2.48. The van der Waals surface area contributed by atoms with Gasteiger partial charge in [-0.2, -0.15) is 0 Å². The second-order valence-electron chi connectivity index (χ2n) is 12.7. The Balaban J connectivity index is 1.53. The van der Waals surface area contributed by atoms with E-state index in [1.165, 1.54) is 12.0 Å². The maximum Gasteiger partial charge on any atom is 0.408 e. The van der Waals surface area contributed by atoms with E-state index in [9.17, 15) is 14.4 Å². The van der Waals surface area contributed by atoms with Crippen LogP contribution in [0.5, 0.6) is 11.6 Å². The van der Waals surface area contributed by atoms with E-state index >= 15 is 8.78 Å². The number of rotatable bonds is 2. The summed E-state index contributed by atoms with van der Waals surface area (Å²) in [5.41, 5.74) is 0.531. The van der Waals surface area contributed by atoms with Crippen LogP contribution in [0.3, 0.4) is 0 Å². The molecule has 3 heterocycles. The predicted molar refractivity (Wildman–Crippen MR) is 148 cm³/mol. The number of benzene rings is 1. The quantitative estimate of drug-likeness (QED) is 0.515. The first-order valence-electron chi connectivity index (χ1n) is 14.4. The largest absolute Gasteiger partial charge is 0.497 e. The monoisotopic (exact) mass is 588 g/mol. The molecule has 1 N–H and O–H groups in total. The smallest absolute Gasteiger partial charge is 0.408 e. The number of hydrogen-bond acceptors (Lipinski definition) is 8. The third-order valence-electron chi connectivity index (χ3n) is 8.55. The molecule has 2 fully saturated rings. The minimum absolute atomic E-state index is 0.0326. The van der Waals surface area contributed by atoms with Crippen molar-refractivity contribution < 1.29 is 37.4 Å². The fourth-order valence-electron chi connectivity index (χ4n) is 5.74. The number of amides is 2. The number of aldehydes is 1. The summed E-state index contributed by atoms with van der Waals surface area (Å²) in [6, 6.07) is 3.28. The topological polar surface area (TPSA) is 120 Å². The molecule has 6 atom stereocenters. The molecular weight excluding hydrogens is 550 g/mol. The van der Waals surface area contributed by atoms with Gasteiger partial charge in [-0.25, -0.2) is 23.5 Å². The first-order chi connectivity index (χ1) is 19.8. The second-order valence-corrected chi connectivity index (χ2v) is 12.7. The normalized spacial score (nSPS) is 30.1. The van der Waals surface area contributed by atoms with Crippen LogP contribution in [0.2, 0.25) is 0 Å². The number of fused-ring (bicyclic) bond motifs is 5. The summed E-state index contributed by atoms with van der Waals surface area (Å²) in [4.78, 5) is 49.6. The van der Waals surface area contributed by atoms with E-state index in [1.807, 2.05) is 0 Å². The van der Waals surface area contributed by atoms with Crippen LogP contribution in [0.25, 0.3) is 11.0 Å². The highest BCUT2D eigenvalue weighted by molar-refractivity contribution is 5.89. The molecule has 0 radical (unpaired) electrons. The number of alkyl carbamates (subject to hydrolysis) is 1. The molecule has 1 aliphatic carbocycles. The van der Waals surface area contributed by atoms with Crippen molar-refractivity contribution in [3.63, 3.8) is 0 Å². The molecule has 2 bridgehead atoms. The second kappa shape index (κ2) is 11.3. The molecule has 1 aromatic carbocycles. The third kappa shape index (κ3) is 6.27. The zero-order valence-corrected chi connectivity index (χ0v) is 24.6. The van der Waals surface area contributed by atoms with Crippen molar-refractivity contribution in [1.29, 1.82) is 0 Å². The molecule has 42 heavy (non-hydrogen) atoms. The van der Waals surface area contributed by atoms with Crippen LogP contribution < -0.4 is 14.8 Å². The molecular formula is C30H38F2N4O6. The van der Waals surface area contributed by atoms with Crippen LogP contribution in [-0.2, 0) is 20.7 Å². The lowest BCUT2D eigenvalue weighted by molar-refractivity contribution is -0.139. The van der Waals surface area contributed by atoms with Crippen molar-refractivity contribution in [2.24, 2.45) is 17.3 Å². The molecule has 3 aliphatic rings. The van der Waals surface area contributed by atoms with Crippen molar-refractivity contribution in [1.82, 2.24) is 20.2 Å². The van der Waals surface area contributed by atoms with Crippen LogP contribution >= 0.6 is 0 Å². The zero-order valence-electron chi connectivity index (χ0n) is 24.6. The minimum atomic E-state index is -2.97. The first kappa shape index (κ1) is 29.9. The highest BCUT2D eigenvalue weighted by atomic mass is 19.3. The summed E-state index contributed by atoms with van der Waals surface area (Å²) < 4.78 is 47.2. The average Bonchev–Trinajstić information content (AvgIpc) is 3.60. The summed E-state index contributed by atoms with van der Waals surface area (Å²) in [5, 5.41) is 2.68. The summed E-state index contributed by atoms with van der Waals surface area (Å²) in [7, 11) is 1.52. The van der Waals surface area contributed by atoms with Gasteiger partial charge in [0.1, 0.15) is 36.0 Å². The van der Waals surface area contributed by atoms with Gasteiger partial charge in [0.15, 0.2) is 0 Å². The average molecular weight is 589 g/mol. The number of nitrogens with one attached hydrogen (secondary N) is 1. The highest BCUT2D eigenvalue weighted by Crippen LogP contribution is 2.41. The SMILES string of the molecule is COc1ccc2nc3c(nc2c1)O[C@H]1CN(C(=O)[C@H](C(C)(C)C)NC(=O)O[C@@H]2C[C@H]2CCC(F)(F)CC3)[C@H](C=O)[C@@H]1C. The van der Waals surface area contributed by atoms with Gasteiger partial charge in [-0.1, -0.05) is 27.7 Å². The van der Waals surface area contributed by atoms with E-state index in [0.717, 1.165) is 0 Å². The molecule has 0 unspecified atom stereocenters. The Morgan fingerprint density at radius 1 is 1.12 bits per heavy atom. The molecule has 5 rings (SSSR count). The lowest BCUT2D eigenvalue weighted by Gasteiger charge is -2.34. The molecule has 1 saturated heterocycles. The van der Waals surface area contributed by atoms with Crippen LogP contribution in [0, 0.1) is 17.3 Å². The molecule has 1 saturated carbocycles. The molecule has 2 amide bonds. The molecule has 1 aromatic heterocycles. The van der Waals surface area contributed by atoms with Gasteiger partial charge < -0.3 is 29.2 Å². The Hall–Kier alpha value is -3.57. The number of aromatic nitrogens is 2. The van der Waals surface area contributed by atoms with Gasteiger partial charge in [-0.3, -0.25) is 4.79 Å². The summed E-state index contributed by atoms with van der Waals surface area (Å²) in [6.07, 6.45) is -1.45. The van der Waals surface area contributed by atoms with Crippen LogP contribution in [0.4, 0.5) is 13.6 Å². The number of methoxy groups -OCH3 is 1. The molecule has 12 heteroatoms. The summed E-state index contributed by atoms with van der Waals surface area (Å²) >= 11 is 0. The van der Waals surface area contributed by atoms with Crippen LogP contribution in [-0.4, -0.2) is 77.0 Å². The summed E-state index contributed by atoms with van der Waals surface area (Å²) in [5.74, 6) is -3.40. The Bertz CT molecular complexity index is 1370. The Morgan fingerprint density at radius 3 is 2.57 bits per heavy atom. The molecule has 10 nitrogen and oxygen atoms in total. The van der Waals surface area contributed by atoms with Crippen LogP contribution in [0.1, 0.15) is 59.1 Å². The zero-order chi connectivity index (χ0) is 30.4. The summed E-state index contributed by atoms with van der Waals surface area (Å²) in [6.45, 7) is 7.23. The molecule has 2 aliphatic heterocycles. The fourth-order valence-corrected chi connectivity index (χ4v) is 5.74. The predicted octanol–water partition coefficient (Wildman–Crippen LogP) is 4.32. The number of ether oxygens (including phenoxy) is 3.